The number of anilines is 1. The molecule has 0 aliphatic carbocycles. The quantitative estimate of drug-likeness (QED) is 0.828. The molecule has 0 spiro atoms. The van der Waals surface area contributed by atoms with Crippen molar-refractivity contribution in [2.45, 2.75) is 32.2 Å². The summed E-state index contributed by atoms with van der Waals surface area (Å²) in [5.41, 5.74) is 1.06. The third-order valence-corrected chi connectivity index (χ3v) is 3.18. The lowest BCUT2D eigenvalue weighted by atomic mass is 10.2. The first-order valence-corrected chi connectivity index (χ1v) is 6.09. The number of nitrogens with zero attached hydrogens (tertiary/aromatic N) is 3. The normalized spacial score (nSPS) is 20.4. The Morgan fingerprint density at radius 2 is 2.31 bits per heavy atom. The molecule has 1 fully saturated rings. The molecule has 0 radical (unpaired) electrons. The van der Waals surface area contributed by atoms with E-state index in [-0.39, 0.29) is 0 Å². The highest BCUT2D eigenvalue weighted by Crippen LogP contribution is 2.22. The molecule has 2 heterocycles. The van der Waals surface area contributed by atoms with E-state index in [4.69, 9.17) is 0 Å². The van der Waals surface area contributed by atoms with Crippen LogP contribution in [0.1, 0.15) is 25.5 Å². The summed E-state index contributed by atoms with van der Waals surface area (Å²) >= 11 is 0. The van der Waals surface area contributed by atoms with Gasteiger partial charge in [-0.3, -0.25) is 0 Å². The molecule has 1 atom stereocenters. The van der Waals surface area contributed by atoms with E-state index in [0.29, 0.717) is 6.04 Å². The zero-order chi connectivity index (χ0) is 11.4. The Morgan fingerprint density at radius 3 is 2.94 bits per heavy atom. The molecule has 1 aliphatic rings. The van der Waals surface area contributed by atoms with E-state index in [0.717, 1.165) is 31.0 Å². The van der Waals surface area contributed by atoms with E-state index in [1.54, 1.807) is 0 Å². The predicted molar refractivity (Wildman–Crippen MR) is 65.7 cm³/mol. The number of aromatic nitrogens is 2. The Labute approximate surface area is 97.1 Å². The van der Waals surface area contributed by atoms with Crippen LogP contribution < -0.4 is 10.2 Å². The Bertz CT molecular complexity index is 322. The van der Waals surface area contributed by atoms with Gasteiger partial charge in [0.1, 0.15) is 0 Å². The SMILES string of the molecule is CCc1ccc(N2CCCC2CNC)nn1. The van der Waals surface area contributed by atoms with Crippen molar-refractivity contribution in [3.8, 4) is 0 Å². The largest absolute Gasteiger partial charge is 0.351 e. The number of likely N-dealkylation sites (N-methyl/N-ethyl adjacent to an activating group) is 1. The fourth-order valence-electron chi connectivity index (χ4n) is 2.28. The van der Waals surface area contributed by atoms with Crippen molar-refractivity contribution in [2.24, 2.45) is 0 Å². The van der Waals surface area contributed by atoms with Gasteiger partial charge >= 0.3 is 0 Å². The minimum Gasteiger partial charge on any atom is -0.351 e. The van der Waals surface area contributed by atoms with Crippen LogP contribution in [-0.2, 0) is 6.42 Å². The van der Waals surface area contributed by atoms with Crippen molar-refractivity contribution in [1.82, 2.24) is 15.5 Å². The molecule has 0 bridgehead atoms. The van der Waals surface area contributed by atoms with Gasteiger partial charge in [-0.25, -0.2) is 0 Å². The number of hydrogen-bond acceptors (Lipinski definition) is 4. The van der Waals surface area contributed by atoms with E-state index in [2.05, 4.69) is 39.5 Å². The average molecular weight is 220 g/mol. The zero-order valence-electron chi connectivity index (χ0n) is 10.1. The molecule has 88 valence electrons. The smallest absolute Gasteiger partial charge is 0.151 e. The summed E-state index contributed by atoms with van der Waals surface area (Å²) in [4.78, 5) is 2.36. The minimum absolute atomic E-state index is 0.576. The van der Waals surface area contributed by atoms with Gasteiger partial charge in [0.2, 0.25) is 0 Å². The van der Waals surface area contributed by atoms with Crippen LogP contribution in [-0.4, -0.2) is 36.4 Å². The summed E-state index contributed by atoms with van der Waals surface area (Å²) in [6.45, 7) is 4.23. The number of aryl methyl sites for hydroxylation is 1. The van der Waals surface area contributed by atoms with Crippen LogP contribution in [0.25, 0.3) is 0 Å². The molecule has 1 unspecified atom stereocenters. The average Bonchev–Trinajstić information content (AvgIpc) is 2.78. The van der Waals surface area contributed by atoms with Gasteiger partial charge < -0.3 is 10.2 Å². The molecule has 1 aromatic rings. The maximum absolute atomic E-state index is 4.31. The Hall–Kier alpha value is -1.16. The van der Waals surface area contributed by atoms with Crippen LogP contribution in [0.3, 0.4) is 0 Å². The highest BCUT2D eigenvalue weighted by molar-refractivity contribution is 5.40. The molecule has 4 nitrogen and oxygen atoms in total. The van der Waals surface area contributed by atoms with E-state index in [1.165, 1.54) is 12.8 Å². The summed E-state index contributed by atoms with van der Waals surface area (Å²) in [7, 11) is 2.00. The van der Waals surface area contributed by atoms with Gasteiger partial charge in [0.25, 0.3) is 0 Å². The Kier molecular flexibility index (Phi) is 3.72. The van der Waals surface area contributed by atoms with Gasteiger partial charge in [-0.15, -0.1) is 5.10 Å². The first-order valence-electron chi connectivity index (χ1n) is 6.09. The fourth-order valence-corrected chi connectivity index (χ4v) is 2.28. The molecule has 0 saturated carbocycles. The van der Waals surface area contributed by atoms with Crippen LogP contribution in [0.4, 0.5) is 5.82 Å². The Balaban J connectivity index is 2.09. The van der Waals surface area contributed by atoms with Crippen molar-refractivity contribution in [1.29, 1.82) is 0 Å². The lowest BCUT2D eigenvalue weighted by Gasteiger charge is -2.25. The van der Waals surface area contributed by atoms with Gasteiger partial charge in [-0.05, 0) is 38.4 Å². The van der Waals surface area contributed by atoms with Crippen molar-refractivity contribution in [3.63, 3.8) is 0 Å². The molecule has 1 saturated heterocycles. The zero-order valence-corrected chi connectivity index (χ0v) is 10.1. The summed E-state index contributed by atoms with van der Waals surface area (Å²) < 4.78 is 0. The standard InChI is InChI=1S/C12H20N4/c1-3-10-6-7-12(15-14-10)16-8-4-5-11(16)9-13-2/h6-7,11,13H,3-5,8-9H2,1-2H3. The number of hydrogen-bond donors (Lipinski definition) is 1. The third-order valence-electron chi connectivity index (χ3n) is 3.18. The van der Waals surface area contributed by atoms with Crippen molar-refractivity contribution < 1.29 is 0 Å². The summed E-state index contributed by atoms with van der Waals surface area (Å²) in [6, 6.07) is 4.75. The van der Waals surface area contributed by atoms with Crippen LogP contribution in [0.2, 0.25) is 0 Å². The highest BCUT2D eigenvalue weighted by atomic mass is 15.3. The first kappa shape index (κ1) is 11.3. The molecule has 4 heteroatoms. The van der Waals surface area contributed by atoms with Crippen LogP contribution in [0.15, 0.2) is 12.1 Å². The second-order valence-corrected chi connectivity index (χ2v) is 4.28. The van der Waals surface area contributed by atoms with Crippen molar-refractivity contribution in [3.05, 3.63) is 17.8 Å². The lowest BCUT2D eigenvalue weighted by Crippen LogP contribution is -2.37. The molecular formula is C12H20N4. The van der Waals surface area contributed by atoms with Gasteiger partial charge in [-0.2, -0.15) is 5.10 Å². The molecule has 2 rings (SSSR count). The van der Waals surface area contributed by atoms with Crippen LogP contribution in [0, 0.1) is 0 Å². The van der Waals surface area contributed by atoms with Gasteiger partial charge in [0.15, 0.2) is 5.82 Å². The maximum Gasteiger partial charge on any atom is 0.151 e. The van der Waals surface area contributed by atoms with Crippen molar-refractivity contribution >= 4 is 5.82 Å². The van der Waals surface area contributed by atoms with Gasteiger partial charge in [0, 0.05) is 19.1 Å². The second kappa shape index (κ2) is 5.25. The first-order chi connectivity index (χ1) is 7.85. The monoisotopic (exact) mass is 220 g/mol. The minimum atomic E-state index is 0.576. The molecular weight excluding hydrogens is 200 g/mol. The Morgan fingerprint density at radius 1 is 1.44 bits per heavy atom. The van der Waals surface area contributed by atoms with Gasteiger partial charge in [0.05, 0.1) is 5.69 Å². The molecule has 0 aromatic carbocycles. The summed E-state index contributed by atoms with van der Waals surface area (Å²) in [5.74, 6) is 1.02. The molecule has 1 aromatic heterocycles. The van der Waals surface area contributed by atoms with E-state index < -0.39 is 0 Å². The van der Waals surface area contributed by atoms with Crippen LogP contribution >= 0.6 is 0 Å². The van der Waals surface area contributed by atoms with Gasteiger partial charge in [-0.1, -0.05) is 6.92 Å². The maximum atomic E-state index is 4.31. The highest BCUT2D eigenvalue weighted by Gasteiger charge is 2.24. The number of nitrogens with one attached hydrogen (secondary N) is 1. The number of rotatable bonds is 4. The summed E-state index contributed by atoms with van der Waals surface area (Å²) in [5, 5.41) is 11.8. The predicted octanol–water partition coefficient (Wildman–Crippen LogP) is 1.23. The molecule has 0 amide bonds. The second-order valence-electron chi connectivity index (χ2n) is 4.28. The molecule has 1 aliphatic heterocycles. The fraction of sp³-hybridized carbons (Fsp3) is 0.667. The lowest BCUT2D eigenvalue weighted by molar-refractivity contribution is 0.609. The molecule has 16 heavy (non-hydrogen) atoms. The van der Waals surface area contributed by atoms with Crippen LogP contribution in [0.5, 0.6) is 0 Å². The van der Waals surface area contributed by atoms with E-state index in [1.807, 2.05) is 7.05 Å². The van der Waals surface area contributed by atoms with E-state index in [9.17, 15) is 0 Å². The van der Waals surface area contributed by atoms with Crippen molar-refractivity contribution in [2.75, 3.05) is 25.0 Å². The summed E-state index contributed by atoms with van der Waals surface area (Å²) in [6.07, 6.45) is 3.45. The topological polar surface area (TPSA) is 41.0 Å². The molecule has 1 N–H and O–H groups in total. The van der Waals surface area contributed by atoms with E-state index >= 15 is 0 Å². The third kappa shape index (κ3) is 2.32.